The van der Waals surface area contributed by atoms with E-state index in [2.05, 4.69) is 10.6 Å². The Labute approximate surface area is 180 Å². The monoisotopic (exact) mass is 423 g/mol. The van der Waals surface area contributed by atoms with Crippen LogP contribution in [0.15, 0.2) is 48.5 Å². The SMILES string of the molecule is CCC1(c2ccccc2)NC(=O)N(CC(=O)NC(C)c2ccc3c(c2)OCCO3)C1=O. The normalized spacial score (nSPS) is 20.9. The van der Waals surface area contributed by atoms with Crippen molar-refractivity contribution in [3.8, 4) is 11.5 Å². The van der Waals surface area contributed by atoms with E-state index in [4.69, 9.17) is 9.47 Å². The fourth-order valence-electron chi connectivity index (χ4n) is 3.98. The zero-order chi connectivity index (χ0) is 22.0. The van der Waals surface area contributed by atoms with Gasteiger partial charge >= 0.3 is 6.03 Å². The van der Waals surface area contributed by atoms with E-state index in [0.717, 1.165) is 10.5 Å². The standard InChI is InChI=1S/C23H25N3O5/c1-3-23(17-7-5-4-6-8-17)21(28)26(22(29)25-23)14-20(27)24-15(2)16-9-10-18-19(13-16)31-12-11-30-18/h4-10,13,15H,3,11-12,14H2,1-2H3,(H,24,27)(H,25,29). The number of hydrogen-bond acceptors (Lipinski definition) is 5. The van der Waals surface area contributed by atoms with Crippen molar-refractivity contribution < 1.29 is 23.9 Å². The molecule has 2 unspecified atom stereocenters. The maximum Gasteiger partial charge on any atom is 0.325 e. The molecule has 0 radical (unpaired) electrons. The average Bonchev–Trinajstić information content (AvgIpc) is 3.04. The fourth-order valence-corrected chi connectivity index (χ4v) is 3.98. The van der Waals surface area contributed by atoms with Crippen LogP contribution in [-0.2, 0) is 15.1 Å². The third kappa shape index (κ3) is 3.81. The third-order valence-corrected chi connectivity index (χ3v) is 5.72. The number of rotatable bonds is 6. The molecule has 4 rings (SSSR count). The number of carbonyl (C=O) groups is 3. The minimum absolute atomic E-state index is 0.339. The number of benzene rings is 2. The van der Waals surface area contributed by atoms with Gasteiger partial charge < -0.3 is 20.1 Å². The van der Waals surface area contributed by atoms with Crippen molar-refractivity contribution in [1.29, 1.82) is 0 Å². The summed E-state index contributed by atoms with van der Waals surface area (Å²) in [6, 6.07) is 13.6. The lowest BCUT2D eigenvalue weighted by atomic mass is 9.87. The smallest absolute Gasteiger partial charge is 0.325 e. The molecule has 1 saturated heterocycles. The summed E-state index contributed by atoms with van der Waals surface area (Å²) in [4.78, 5) is 39.4. The first kappa shape index (κ1) is 20.7. The van der Waals surface area contributed by atoms with Crippen LogP contribution in [0.4, 0.5) is 4.79 Å². The molecular formula is C23H25N3O5. The second kappa shape index (κ2) is 8.29. The molecule has 0 bridgehead atoms. The molecule has 2 aromatic carbocycles. The predicted octanol–water partition coefficient (Wildman–Crippen LogP) is 2.49. The number of hydrogen-bond donors (Lipinski definition) is 2. The zero-order valence-corrected chi connectivity index (χ0v) is 17.5. The maximum absolute atomic E-state index is 13.2. The van der Waals surface area contributed by atoms with Crippen molar-refractivity contribution >= 4 is 17.8 Å². The molecule has 1 fully saturated rings. The highest BCUT2D eigenvalue weighted by Gasteiger charge is 2.51. The van der Waals surface area contributed by atoms with Crippen LogP contribution < -0.4 is 20.1 Å². The van der Waals surface area contributed by atoms with Gasteiger partial charge in [0.2, 0.25) is 5.91 Å². The fraction of sp³-hybridized carbons (Fsp3) is 0.348. The largest absolute Gasteiger partial charge is 0.486 e. The molecule has 2 aromatic rings. The van der Waals surface area contributed by atoms with Gasteiger partial charge in [0.1, 0.15) is 25.3 Å². The van der Waals surface area contributed by atoms with Crippen LogP contribution in [0.25, 0.3) is 0 Å². The zero-order valence-electron chi connectivity index (χ0n) is 17.5. The molecule has 8 heteroatoms. The molecule has 2 aliphatic rings. The predicted molar refractivity (Wildman–Crippen MR) is 113 cm³/mol. The van der Waals surface area contributed by atoms with E-state index < -0.39 is 23.4 Å². The molecule has 0 spiro atoms. The summed E-state index contributed by atoms with van der Waals surface area (Å²) >= 11 is 0. The van der Waals surface area contributed by atoms with E-state index in [1.54, 1.807) is 18.2 Å². The summed E-state index contributed by atoms with van der Waals surface area (Å²) in [6.45, 7) is 4.29. The van der Waals surface area contributed by atoms with Crippen LogP contribution in [-0.4, -0.2) is 42.5 Å². The summed E-state index contributed by atoms with van der Waals surface area (Å²) in [6.07, 6.45) is 0.382. The van der Waals surface area contributed by atoms with Crippen molar-refractivity contribution in [3.63, 3.8) is 0 Å². The van der Waals surface area contributed by atoms with E-state index >= 15 is 0 Å². The minimum atomic E-state index is -1.15. The molecule has 2 heterocycles. The summed E-state index contributed by atoms with van der Waals surface area (Å²) in [5.41, 5.74) is 0.380. The summed E-state index contributed by atoms with van der Waals surface area (Å²) in [7, 11) is 0. The lowest BCUT2D eigenvalue weighted by Crippen LogP contribution is -2.45. The second-order valence-electron chi connectivity index (χ2n) is 7.64. The van der Waals surface area contributed by atoms with Gasteiger partial charge in [-0.1, -0.05) is 43.3 Å². The first-order chi connectivity index (χ1) is 14.9. The van der Waals surface area contributed by atoms with Gasteiger partial charge in [-0.2, -0.15) is 0 Å². The molecule has 2 atom stereocenters. The Bertz CT molecular complexity index is 1010. The topological polar surface area (TPSA) is 97.0 Å². The molecular weight excluding hydrogens is 398 g/mol. The van der Waals surface area contributed by atoms with Gasteiger partial charge in [0.05, 0.1) is 6.04 Å². The van der Waals surface area contributed by atoms with Gasteiger partial charge in [-0.25, -0.2) is 4.79 Å². The first-order valence-electron chi connectivity index (χ1n) is 10.3. The van der Waals surface area contributed by atoms with Gasteiger partial charge in [0.15, 0.2) is 11.5 Å². The average molecular weight is 423 g/mol. The van der Waals surface area contributed by atoms with E-state index in [1.807, 2.05) is 44.2 Å². The lowest BCUT2D eigenvalue weighted by molar-refractivity contribution is -0.135. The van der Waals surface area contributed by atoms with Crippen LogP contribution in [0.3, 0.4) is 0 Å². The van der Waals surface area contributed by atoms with Gasteiger partial charge in [0, 0.05) is 0 Å². The number of urea groups is 1. The number of nitrogens with zero attached hydrogens (tertiary/aromatic N) is 1. The Morgan fingerprint density at radius 3 is 2.55 bits per heavy atom. The number of ether oxygens (including phenoxy) is 2. The Morgan fingerprint density at radius 2 is 1.84 bits per heavy atom. The van der Waals surface area contributed by atoms with Crippen LogP contribution in [0.2, 0.25) is 0 Å². The maximum atomic E-state index is 13.2. The van der Waals surface area contributed by atoms with E-state index in [0.29, 0.717) is 36.7 Å². The van der Waals surface area contributed by atoms with E-state index in [1.165, 1.54) is 0 Å². The van der Waals surface area contributed by atoms with Crippen LogP contribution in [0, 0.1) is 0 Å². The number of carbonyl (C=O) groups excluding carboxylic acids is 3. The van der Waals surface area contributed by atoms with Gasteiger partial charge in [0.25, 0.3) is 5.91 Å². The Hall–Kier alpha value is -3.55. The molecule has 4 amide bonds. The number of amides is 4. The Morgan fingerprint density at radius 1 is 1.13 bits per heavy atom. The molecule has 0 saturated carbocycles. The molecule has 0 aliphatic carbocycles. The van der Waals surface area contributed by atoms with E-state index in [9.17, 15) is 14.4 Å². The van der Waals surface area contributed by atoms with Crippen molar-refractivity contribution in [2.24, 2.45) is 0 Å². The summed E-state index contributed by atoms with van der Waals surface area (Å²) in [5.74, 6) is 0.457. The molecule has 162 valence electrons. The Balaban J connectivity index is 1.45. The van der Waals surface area contributed by atoms with Crippen LogP contribution in [0.5, 0.6) is 11.5 Å². The minimum Gasteiger partial charge on any atom is -0.486 e. The highest BCUT2D eigenvalue weighted by Crippen LogP contribution is 2.33. The highest BCUT2D eigenvalue weighted by molar-refractivity contribution is 6.09. The van der Waals surface area contributed by atoms with Crippen molar-refractivity contribution in [1.82, 2.24) is 15.5 Å². The van der Waals surface area contributed by atoms with Crippen LogP contribution >= 0.6 is 0 Å². The van der Waals surface area contributed by atoms with Gasteiger partial charge in [-0.15, -0.1) is 0 Å². The molecule has 31 heavy (non-hydrogen) atoms. The summed E-state index contributed by atoms with van der Waals surface area (Å²) in [5, 5.41) is 5.63. The highest BCUT2D eigenvalue weighted by atomic mass is 16.6. The second-order valence-corrected chi connectivity index (χ2v) is 7.64. The van der Waals surface area contributed by atoms with Crippen LogP contribution in [0.1, 0.15) is 37.4 Å². The van der Waals surface area contributed by atoms with Gasteiger partial charge in [-0.05, 0) is 36.6 Å². The van der Waals surface area contributed by atoms with Crippen molar-refractivity contribution in [2.75, 3.05) is 19.8 Å². The molecule has 8 nitrogen and oxygen atoms in total. The number of nitrogens with one attached hydrogen (secondary N) is 2. The van der Waals surface area contributed by atoms with Crippen molar-refractivity contribution in [2.45, 2.75) is 31.8 Å². The molecule has 0 aromatic heterocycles. The Kier molecular flexibility index (Phi) is 5.54. The van der Waals surface area contributed by atoms with Gasteiger partial charge in [-0.3, -0.25) is 14.5 Å². The molecule has 2 aliphatic heterocycles. The number of fused-ring (bicyclic) bond motifs is 1. The summed E-state index contributed by atoms with van der Waals surface area (Å²) < 4.78 is 11.1. The lowest BCUT2D eigenvalue weighted by Gasteiger charge is -2.25. The first-order valence-corrected chi connectivity index (χ1v) is 10.3. The molecule has 2 N–H and O–H groups in total. The van der Waals surface area contributed by atoms with Crippen molar-refractivity contribution in [3.05, 3.63) is 59.7 Å². The number of imide groups is 1. The quantitative estimate of drug-likeness (QED) is 0.696. The van der Waals surface area contributed by atoms with E-state index in [-0.39, 0.29) is 12.6 Å². The third-order valence-electron chi connectivity index (χ3n) is 5.72.